The number of carbonyl (C=O) groups is 2. The van der Waals surface area contributed by atoms with Gasteiger partial charge in [0.2, 0.25) is 0 Å². The summed E-state index contributed by atoms with van der Waals surface area (Å²) in [6.45, 7) is 5.17. The van der Waals surface area contributed by atoms with E-state index in [-0.39, 0.29) is 17.8 Å². The molecule has 1 amide bonds. The molecule has 1 atom stereocenters. The Kier molecular flexibility index (Phi) is 5.41. The van der Waals surface area contributed by atoms with Gasteiger partial charge in [-0.05, 0) is 38.8 Å². The average molecular weight is 305 g/mol. The second-order valence-corrected chi connectivity index (χ2v) is 5.55. The highest BCUT2D eigenvalue weighted by Gasteiger charge is 2.30. The first kappa shape index (κ1) is 16.3. The lowest BCUT2D eigenvalue weighted by atomic mass is 9.97. The number of amides is 1. The molecule has 0 spiro atoms. The van der Waals surface area contributed by atoms with Crippen molar-refractivity contribution in [1.82, 2.24) is 4.90 Å². The minimum atomic E-state index is -0.228. The van der Waals surface area contributed by atoms with E-state index in [2.05, 4.69) is 0 Å². The predicted molar refractivity (Wildman–Crippen MR) is 83.0 cm³/mol. The Balaban J connectivity index is 2.15. The number of piperidine rings is 1. The Morgan fingerprint density at radius 3 is 2.82 bits per heavy atom. The third kappa shape index (κ3) is 3.59. The summed E-state index contributed by atoms with van der Waals surface area (Å²) in [6.07, 6.45) is 1.58. The fourth-order valence-electron chi connectivity index (χ4n) is 2.77. The fourth-order valence-corrected chi connectivity index (χ4v) is 2.77. The Labute approximate surface area is 131 Å². The maximum absolute atomic E-state index is 12.8. The molecule has 0 radical (unpaired) electrons. The van der Waals surface area contributed by atoms with Gasteiger partial charge in [0.25, 0.3) is 5.91 Å². The first-order valence-corrected chi connectivity index (χ1v) is 7.67. The van der Waals surface area contributed by atoms with Gasteiger partial charge in [0.05, 0.1) is 25.2 Å². The molecule has 5 heteroatoms. The molecule has 1 aliphatic heterocycles. The zero-order valence-electron chi connectivity index (χ0n) is 13.4. The Hall–Kier alpha value is -2.04. The van der Waals surface area contributed by atoms with E-state index in [9.17, 15) is 9.59 Å². The van der Waals surface area contributed by atoms with Crippen LogP contribution in [0.1, 0.15) is 35.7 Å². The molecule has 0 bridgehead atoms. The molecule has 0 aliphatic carbocycles. The molecule has 1 heterocycles. The molecule has 1 saturated heterocycles. The molecule has 1 aromatic rings. The Bertz CT molecular complexity index is 556. The smallest absolute Gasteiger partial charge is 0.310 e. The fraction of sp³-hybridized carbons (Fsp3) is 0.529. The molecule has 2 rings (SSSR count). The molecule has 22 heavy (non-hydrogen) atoms. The topological polar surface area (TPSA) is 55.8 Å². The van der Waals surface area contributed by atoms with Gasteiger partial charge in [0.1, 0.15) is 5.75 Å². The zero-order valence-corrected chi connectivity index (χ0v) is 13.4. The number of aryl methyl sites for hydroxylation is 1. The SMILES string of the molecule is CCOC(=O)[C@@H]1CCCN(C(=O)c2cc(C)ccc2OC)C1. The Morgan fingerprint density at radius 2 is 2.14 bits per heavy atom. The van der Waals surface area contributed by atoms with Crippen LogP contribution in [0.5, 0.6) is 5.75 Å². The van der Waals surface area contributed by atoms with Crippen molar-refractivity contribution in [2.45, 2.75) is 26.7 Å². The maximum atomic E-state index is 12.8. The van der Waals surface area contributed by atoms with Crippen LogP contribution >= 0.6 is 0 Å². The summed E-state index contributed by atoms with van der Waals surface area (Å²) >= 11 is 0. The van der Waals surface area contributed by atoms with Crippen molar-refractivity contribution in [3.63, 3.8) is 0 Å². The van der Waals surface area contributed by atoms with Gasteiger partial charge in [-0.25, -0.2) is 0 Å². The highest BCUT2D eigenvalue weighted by atomic mass is 16.5. The van der Waals surface area contributed by atoms with Crippen molar-refractivity contribution in [2.75, 3.05) is 26.8 Å². The van der Waals surface area contributed by atoms with Gasteiger partial charge in [0, 0.05) is 13.1 Å². The summed E-state index contributed by atoms with van der Waals surface area (Å²) < 4.78 is 10.4. The molecule has 0 saturated carbocycles. The van der Waals surface area contributed by atoms with Crippen molar-refractivity contribution in [3.05, 3.63) is 29.3 Å². The highest BCUT2D eigenvalue weighted by Crippen LogP contribution is 2.25. The van der Waals surface area contributed by atoms with Gasteiger partial charge in [-0.3, -0.25) is 9.59 Å². The summed E-state index contributed by atoms with van der Waals surface area (Å²) in [5.74, 6) is 0.0352. The summed E-state index contributed by atoms with van der Waals surface area (Å²) in [5, 5.41) is 0. The second kappa shape index (κ2) is 7.29. The molecular weight excluding hydrogens is 282 g/mol. The number of nitrogens with zero attached hydrogens (tertiary/aromatic N) is 1. The first-order chi connectivity index (χ1) is 10.6. The molecule has 1 aromatic carbocycles. The number of likely N-dealkylation sites (tertiary alicyclic amines) is 1. The Morgan fingerprint density at radius 1 is 1.36 bits per heavy atom. The molecule has 120 valence electrons. The predicted octanol–water partition coefficient (Wildman–Crippen LogP) is 2.42. The van der Waals surface area contributed by atoms with Gasteiger partial charge in [0.15, 0.2) is 0 Å². The quantitative estimate of drug-likeness (QED) is 0.802. The van der Waals surface area contributed by atoms with Crippen LogP contribution in [0.25, 0.3) is 0 Å². The molecule has 0 aromatic heterocycles. The number of hydrogen-bond donors (Lipinski definition) is 0. The number of rotatable bonds is 4. The number of methoxy groups -OCH3 is 1. The number of carbonyl (C=O) groups excluding carboxylic acids is 2. The van der Waals surface area contributed by atoms with E-state index in [4.69, 9.17) is 9.47 Å². The third-order valence-corrected chi connectivity index (χ3v) is 3.91. The maximum Gasteiger partial charge on any atom is 0.310 e. The first-order valence-electron chi connectivity index (χ1n) is 7.67. The lowest BCUT2D eigenvalue weighted by Gasteiger charge is -2.32. The summed E-state index contributed by atoms with van der Waals surface area (Å²) in [7, 11) is 1.55. The lowest BCUT2D eigenvalue weighted by molar-refractivity contribution is -0.149. The van der Waals surface area contributed by atoms with Crippen molar-refractivity contribution in [1.29, 1.82) is 0 Å². The van der Waals surface area contributed by atoms with E-state index in [0.717, 1.165) is 18.4 Å². The van der Waals surface area contributed by atoms with Crippen molar-refractivity contribution in [3.8, 4) is 5.75 Å². The standard InChI is InChI=1S/C17H23NO4/c1-4-22-17(20)13-6-5-9-18(11-13)16(19)14-10-12(2)7-8-15(14)21-3/h7-8,10,13H,4-6,9,11H2,1-3H3/t13-/m1/s1. The van der Waals surface area contributed by atoms with Crippen molar-refractivity contribution in [2.24, 2.45) is 5.92 Å². The molecular formula is C17H23NO4. The number of benzene rings is 1. The molecule has 1 fully saturated rings. The van der Waals surface area contributed by atoms with Crippen LogP contribution in [-0.2, 0) is 9.53 Å². The molecule has 1 aliphatic rings. The van der Waals surface area contributed by atoms with Crippen LogP contribution in [-0.4, -0.2) is 43.6 Å². The van der Waals surface area contributed by atoms with Gasteiger partial charge in [-0.15, -0.1) is 0 Å². The monoisotopic (exact) mass is 305 g/mol. The lowest BCUT2D eigenvalue weighted by Crippen LogP contribution is -2.43. The molecule has 0 unspecified atom stereocenters. The van der Waals surface area contributed by atoms with E-state index in [0.29, 0.717) is 31.0 Å². The minimum absolute atomic E-state index is 0.0884. The van der Waals surface area contributed by atoms with Crippen LogP contribution in [0, 0.1) is 12.8 Å². The average Bonchev–Trinajstić information content (AvgIpc) is 2.54. The van der Waals surface area contributed by atoms with E-state index in [1.165, 1.54) is 0 Å². The van der Waals surface area contributed by atoms with E-state index in [1.807, 2.05) is 19.1 Å². The number of esters is 1. The highest BCUT2D eigenvalue weighted by molar-refractivity contribution is 5.97. The van der Waals surface area contributed by atoms with Crippen LogP contribution in [0.4, 0.5) is 0 Å². The van der Waals surface area contributed by atoms with Crippen LogP contribution < -0.4 is 4.74 Å². The van der Waals surface area contributed by atoms with Crippen molar-refractivity contribution >= 4 is 11.9 Å². The number of hydrogen-bond acceptors (Lipinski definition) is 4. The van der Waals surface area contributed by atoms with E-state index >= 15 is 0 Å². The molecule has 0 N–H and O–H groups in total. The summed E-state index contributed by atoms with van der Waals surface area (Å²) in [5.41, 5.74) is 1.55. The normalized spacial score (nSPS) is 18.0. The largest absolute Gasteiger partial charge is 0.496 e. The zero-order chi connectivity index (χ0) is 16.1. The minimum Gasteiger partial charge on any atom is -0.496 e. The second-order valence-electron chi connectivity index (χ2n) is 5.55. The van der Waals surface area contributed by atoms with Crippen LogP contribution in [0.3, 0.4) is 0 Å². The van der Waals surface area contributed by atoms with Crippen molar-refractivity contribution < 1.29 is 19.1 Å². The van der Waals surface area contributed by atoms with Crippen LogP contribution in [0.2, 0.25) is 0 Å². The number of ether oxygens (including phenoxy) is 2. The van der Waals surface area contributed by atoms with E-state index < -0.39 is 0 Å². The summed E-state index contributed by atoms with van der Waals surface area (Å²) in [6, 6.07) is 5.54. The van der Waals surface area contributed by atoms with Gasteiger partial charge >= 0.3 is 5.97 Å². The van der Waals surface area contributed by atoms with Gasteiger partial charge < -0.3 is 14.4 Å². The third-order valence-electron chi connectivity index (χ3n) is 3.91. The van der Waals surface area contributed by atoms with Gasteiger partial charge in [-0.2, -0.15) is 0 Å². The molecule has 5 nitrogen and oxygen atoms in total. The van der Waals surface area contributed by atoms with Gasteiger partial charge in [-0.1, -0.05) is 11.6 Å². The van der Waals surface area contributed by atoms with Crippen LogP contribution in [0.15, 0.2) is 18.2 Å². The summed E-state index contributed by atoms with van der Waals surface area (Å²) in [4.78, 5) is 26.4. The van der Waals surface area contributed by atoms with E-state index in [1.54, 1.807) is 25.0 Å².